The molecule has 0 fully saturated rings. The molecule has 3 rings (SSSR count). The predicted octanol–water partition coefficient (Wildman–Crippen LogP) is 2.69. The van der Waals surface area contributed by atoms with E-state index in [0.29, 0.717) is 17.1 Å². The standard InChI is InChI=1S/C14H9F3N2O3/c15-14(16,17)12-9(6-18-13(20)19-12)3-1-8-2-4-10-11(5-8)22-7-21-10/h1-6H,7H2,(H,18,19,20)/b3-1+. The molecule has 0 amide bonds. The fraction of sp³-hybridized carbons (Fsp3) is 0.143. The van der Waals surface area contributed by atoms with Crippen LogP contribution in [0, 0.1) is 0 Å². The van der Waals surface area contributed by atoms with Crippen LogP contribution in [0.2, 0.25) is 0 Å². The van der Waals surface area contributed by atoms with Gasteiger partial charge in [0.1, 0.15) is 5.69 Å². The summed E-state index contributed by atoms with van der Waals surface area (Å²) in [5.74, 6) is 1.11. The number of alkyl halides is 3. The van der Waals surface area contributed by atoms with E-state index in [1.807, 2.05) is 0 Å². The van der Waals surface area contributed by atoms with Gasteiger partial charge in [-0.25, -0.2) is 9.78 Å². The molecule has 1 aliphatic rings. The molecule has 0 aliphatic carbocycles. The summed E-state index contributed by atoms with van der Waals surface area (Å²) in [4.78, 5) is 16.0. The first kappa shape index (κ1) is 14.2. The van der Waals surface area contributed by atoms with Crippen molar-refractivity contribution in [1.82, 2.24) is 9.97 Å². The highest BCUT2D eigenvalue weighted by Gasteiger charge is 2.34. The Bertz CT molecular complexity index is 797. The Morgan fingerprint density at radius 1 is 1.18 bits per heavy atom. The van der Waals surface area contributed by atoms with E-state index in [1.54, 1.807) is 23.2 Å². The Hall–Kier alpha value is -2.77. The van der Waals surface area contributed by atoms with Crippen molar-refractivity contribution < 1.29 is 22.6 Å². The van der Waals surface area contributed by atoms with Crippen molar-refractivity contribution in [3.8, 4) is 11.5 Å². The highest BCUT2D eigenvalue weighted by molar-refractivity contribution is 5.71. The second kappa shape index (κ2) is 5.21. The molecule has 0 bridgehead atoms. The van der Waals surface area contributed by atoms with Crippen molar-refractivity contribution >= 4 is 12.2 Å². The lowest BCUT2D eigenvalue weighted by atomic mass is 10.1. The molecule has 22 heavy (non-hydrogen) atoms. The number of nitrogens with zero attached hydrogens (tertiary/aromatic N) is 1. The van der Waals surface area contributed by atoms with Crippen LogP contribution in [-0.4, -0.2) is 16.8 Å². The topological polar surface area (TPSA) is 64.2 Å². The Morgan fingerprint density at radius 3 is 2.73 bits per heavy atom. The zero-order valence-corrected chi connectivity index (χ0v) is 11.0. The van der Waals surface area contributed by atoms with Gasteiger partial charge in [0.05, 0.1) is 0 Å². The van der Waals surface area contributed by atoms with E-state index in [1.165, 1.54) is 12.2 Å². The van der Waals surface area contributed by atoms with Crippen LogP contribution in [-0.2, 0) is 6.18 Å². The quantitative estimate of drug-likeness (QED) is 0.926. The second-order valence-electron chi connectivity index (χ2n) is 4.46. The van der Waals surface area contributed by atoms with Crippen LogP contribution < -0.4 is 15.2 Å². The molecule has 1 aromatic heterocycles. The van der Waals surface area contributed by atoms with Crippen LogP contribution in [0.5, 0.6) is 11.5 Å². The number of fused-ring (bicyclic) bond motifs is 1. The first-order valence-corrected chi connectivity index (χ1v) is 6.18. The number of H-pyrrole nitrogens is 1. The van der Waals surface area contributed by atoms with E-state index in [4.69, 9.17) is 9.47 Å². The average molecular weight is 310 g/mol. The summed E-state index contributed by atoms with van der Waals surface area (Å²) in [7, 11) is 0. The molecule has 2 aromatic rings. The van der Waals surface area contributed by atoms with Gasteiger partial charge < -0.3 is 14.5 Å². The summed E-state index contributed by atoms with van der Waals surface area (Å²) in [5, 5.41) is 0. The smallest absolute Gasteiger partial charge is 0.432 e. The van der Waals surface area contributed by atoms with Gasteiger partial charge in [-0.3, -0.25) is 0 Å². The van der Waals surface area contributed by atoms with E-state index in [2.05, 4.69) is 4.98 Å². The minimum Gasteiger partial charge on any atom is -0.454 e. The van der Waals surface area contributed by atoms with E-state index >= 15 is 0 Å². The molecule has 0 spiro atoms. The molecule has 1 N–H and O–H groups in total. The Labute approximate surface area is 122 Å². The molecule has 8 heteroatoms. The lowest BCUT2D eigenvalue weighted by Gasteiger charge is -2.08. The summed E-state index contributed by atoms with van der Waals surface area (Å²) >= 11 is 0. The van der Waals surface area contributed by atoms with Crippen LogP contribution in [0.4, 0.5) is 13.2 Å². The Balaban J connectivity index is 1.94. The van der Waals surface area contributed by atoms with Gasteiger partial charge in [-0.1, -0.05) is 18.2 Å². The highest BCUT2D eigenvalue weighted by Crippen LogP contribution is 2.33. The number of hydrogen-bond acceptors (Lipinski definition) is 4. The highest BCUT2D eigenvalue weighted by atomic mass is 19.4. The first-order chi connectivity index (χ1) is 10.4. The van der Waals surface area contributed by atoms with E-state index in [9.17, 15) is 18.0 Å². The van der Waals surface area contributed by atoms with Crippen molar-refractivity contribution in [2.24, 2.45) is 0 Å². The molecule has 0 atom stereocenters. The number of aromatic amines is 1. The molecule has 114 valence electrons. The summed E-state index contributed by atoms with van der Waals surface area (Å²) in [6.45, 7) is 0.116. The van der Waals surface area contributed by atoms with Crippen molar-refractivity contribution in [1.29, 1.82) is 0 Å². The van der Waals surface area contributed by atoms with Gasteiger partial charge in [-0.05, 0) is 17.7 Å². The molecule has 0 saturated carbocycles. The number of nitrogens with one attached hydrogen (secondary N) is 1. The largest absolute Gasteiger partial charge is 0.454 e. The number of halogens is 3. The van der Waals surface area contributed by atoms with Crippen molar-refractivity contribution in [2.45, 2.75) is 6.18 Å². The van der Waals surface area contributed by atoms with Gasteiger partial charge in [0.25, 0.3) is 0 Å². The third-order valence-electron chi connectivity index (χ3n) is 2.98. The number of rotatable bonds is 2. The van der Waals surface area contributed by atoms with Gasteiger partial charge in [-0.15, -0.1) is 0 Å². The Morgan fingerprint density at radius 2 is 1.95 bits per heavy atom. The summed E-state index contributed by atoms with van der Waals surface area (Å²) in [6.07, 6.45) is -1.10. The minimum absolute atomic E-state index is 0.116. The van der Waals surface area contributed by atoms with Crippen LogP contribution in [0.25, 0.3) is 12.2 Å². The fourth-order valence-electron chi connectivity index (χ4n) is 1.97. The van der Waals surface area contributed by atoms with Gasteiger partial charge in [0.2, 0.25) is 6.79 Å². The van der Waals surface area contributed by atoms with Crippen LogP contribution in [0.3, 0.4) is 0 Å². The molecule has 1 aromatic carbocycles. The molecule has 5 nitrogen and oxygen atoms in total. The maximum Gasteiger partial charge on any atom is 0.432 e. The van der Waals surface area contributed by atoms with Crippen molar-refractivity contribution in [3.63, 3.8) is 0 Å². The summed E-state index contributed by atoms with van der Waals surface area (Å²) in [5.41, 5.74) is -1.79. The number of benzene rings is 1. The maximum atomic E-state index is 12.9. The molecular weight excluding hydrogens is 301 g/mol. The summed E-state index contributed by atoms with van der Waals surface area (Å²) < 4.78 is 48.9. The lowest BCUT2D eigenvalue weighted by molar-refractivity contribution is -0.141. The molecular formula is C14H9F3N2O3. The van der Waals surface area contributed by atoms with E-state index in [0.717, 1.165) is 6.20 Å². The monoisotopic (exact) mass is 310 g/mol. The normalized spacial score (nSPS) is 13.8. The van der Waals surface area contributed by atoms with Crippen molar-refractivity contribution in [3.05, 3.63) is 51.7 Å². The molecule has 0 unspecified atom stereocenters. The van der Waals surface area contributed by atoms with Gasteiger partial charge in [-0.2, -0.15) is 13.2 Å². The lowest BCUT2D eigenvalue weighted by Crippen LogP contribution is -2.20. The van der Waals surface area contributed by atoms with Gasteiger partial charge in [0.15, 0.2) is 11.5 Å². The molecule has 0 saturated heterocycles. The van der Waals surface area contributed by atoms with Gasteiger partial charge >= 0.3 is 11.9 Å². The number of hydrogen-bond donors (Lipinski definition) is 1. The fourth-order valence-corrected chi connectivity index (χ4v) is 1.97. The Kier molecular flexibility index (Phi) is 3.36. The van der Waals surface area contributed by atoms with Crippen LogP contribution in [0.1, 0.15) is 16.8 Å². The minimum atomic E-state index is -4.67. The van der Waals surface area contributed by atoms with Crippen LogP contribution in [0.15, 0.2) is 29.2 Å². The molecule has 1 aliphatic heterocycles. The zero-order chi connectivity index (χ0) is 15.7. The van der Waals surface area contributed by atoms with Crippen LogP contribution >= 0.6 is 0 Å². The SMILES string of the molecule is O=c1ncc(/C=C/c2ccc3c(c2)OCO3)c(C(F)(F)F)[nH]1. The van der Waals surface area contributed by atoms with E-state index in [-0.39, 0.29) is 12.4 Å². The first-order valence-electron chi connectivity index (χ1n) is 6.18. The summed E-state index contributed by atoms with van der Waals surface area (Å²) in [6, 6.07) is 4.99. The van der Waals surface area contributed by atoms with Gasteiger partial charge in [0, 0.05) is 11.8 Å². The number of ether oxygens (including phenoxy) is 2. The van der Waals surface area contributed by atoms with Crippen molar-refractivity contribution in [2.75, 3.05) is 6.79 Å². The molecule has 2 heterocycles. The second-order valence-corrected chi connectivity index (χ2v) is 4.46. The maximum absolute atomic E-state index is 12.9. The molecule has 0 radical (unpaired) electrons. The third-order valence-corrected chi connectivity index (χ3v) is 2.98. The predicted molar refractivity (Wildman–Crippen MR) is 71.4 cm³/mol. The zero-order valence-electron chi connectivity index (χ0n) is 11.0. The third kappa shape index (κ3) is 2.80. The average Bonchev–Trinajstić information content (AvgIpc) is 2.92. The number of aromatic nitrogens is 2. The van der Waals surface area contributed by atoms with E-state index < -0.39 is 17.6 Å².